The number of nitrogens with zero attached hydrogens (tertiary/aromatic N) is 1. The Bertz CT molecular complexity index is 487. The van der Waals surface area contributed by atoms with E-state index in [4.69, 9.17) is 31.4 Å². The predicted octanol–water partition coefficient (Wildman–Crippen LogP) is -1.23. The van der Waals surface area contributed by atoms with Crippen molar-refractivity contribution in [2.45, 2.75) is 12.7 Å². The van der Waals surface area contributed by atoms with Crippen molar-refractivity contribution in [3.8, 4) is 0 Å². The molecule has 0 bridgehead atoms. The predicted molar refractivity (Wildman–Crippen MR) is 69.5 cm³/mol. The van der Waals surface area contributed by atoms with Crippen molar-refractivity contribution in [1.29, 1.82) is 0 Å². The average molecular weight is 307 g/mol. The first-order valence-corrected chi connectivity index (χ1v) is 5.34. The normalized spacial score (nSPS) is 10.1. The minimum Gasteiger partial charge on any atom is -0.475 e. The molecule has 116 valence electrons. The van der Waals surface area contributed by atoms with E-state index in [0.29, 0.717) is 12.0 Å². The Morgan fingerprint density at radius 1 is 1.19 bits per heavy atom. The summed E-state index contributed by atoms with van der Waals surface area (Å²) in [7, 11) is -1.44. The molecule has 7 N–H and O–H groups in total. The first-order chi connectivity index (χ1) is 9.54. The summed E-state index contributed by atoms with van der Waals surface area (Å²) in [5, 5.41) is 24.8. The van der Waals surface area contributed by atoms with Crippen molar-refractivity contribution in [3.05, 3.63) is 29.8 Å². The molecule has 0 aliphatic carbocycles. The van der Waals surface area contributed by atoms with Gasteiger partial charge in [0.1, 0.15) is 0 Å². The summed E-state index contributed by atoms with van der Waals surface area (Å²) in [6.45, 7) is 0.393. The van der Waals surface area contributed by atoms with Crippen LogP contribution in [0.5, 0.6) is 0 Å². The van der Waals surface area contributed by atoms with Crippen molar-refractivity contribution < 1.29 is 33.1 Å². The quantitative estimate of drug-likeness (QED) is 0.269. The van der Waals surface area contributed by atoms with Crippen LogP contribution in [0.15, 0.2) is 29.3 Å². The number of hydrogen-bond acceptors (Lipinski definition) is 4. The number of aliphatic imine (C=N–C) groups is 1. The first kappa shape index (κ1) is 18.7. The van der Waals surface area contributed by atoms with E-state index < -0.39 is 19.3 Å². The van der Waals surface area contributed by atoms with E-state index in [2.05, 4.69) is 4.99 Å². The fourth-order valence-corrected chi connectivity index (χ4v) is 0.978. The summed E-state index contributed by atoms with van der Waals surface area (Å²) in [6.07, 6.45) is -5.08. The summed E-state index contributed by atoms with van der Waals surface area (Å²) in [4.78, 5) is 12.7. The van der Waals surface area contributed by atoms with E-state index in [1.54, 1.807) is 24.3 Å². The van der Waals surface area contributed by atoms with Crippen LogP contribution in [0.25, 0.3) is 0 Å². The van der Waals surface area contributed by atoms with Gasteiger partial charge in [-0.1, -0.05) is 24.3 Å². The molecule has 7 nitrogen and oxygen atoms in total. The van der Waals surface area contributed by atoms with E-state index in [-0.39, 0.29) is 5.96 Å². The minimum absolute atomic E-state index is 0.0382. The molecule has 0 heterocycles. The van der Waals surface area contributed by atoms with Gasteiger partial charge in [0.25, 0.3) is 0 Å². The molecule has 0 aliphatic rings. The van der Waals surface area contributed by atoms with Gasteiger partial charge in [-0.2, -0.15) is 13.2 Å². The molecule has 1 rings (SSSR count). The van der Waals surface area contributed by atoms with Gasteiger partial charge in [-0.05, 0) is 11.0 Å². The monoisotopic (exact) mass is 307 g/mol. The Morgan fingerprint density at radius 3 is 1.90 bits per heavy atom. The summed E-state index contributed by atoms with van der Waals surface area (Å²) >= 11 is 0. The highest BCUT2D eigenvalue weighted by Gasteiger charge is 2.38. The molecule has 0 aromatic heterocycles. The molecule has 21 heavy (non-hydrogen) atoms. The molecular formula is C10H13BF3N3O4. The van der Waals surface area contributed by atoms with E-state index in [1.807, 2.05) is 0 Å². The zero-order chi connectivity index (χ0) is 16.6. The second-order valence-corrected chi connectivity index (χ2v) is 3.66. The molecule has 0 aliphatic heterocycles. The highest BCUT2D eigenvalue weighted by Crippen LogP contribution is 2.13. The summed E-state index contributed by atoms with van der Waals surface area (Å²) in [6, 6.07) is 6.70. The fourth-order valence-electron chi connectivity index (χ4n) is 0.978. The topological polar surface area (TPSA) is 142 Å². The highest BCUT2D eigenvalue weighted by atomic mass is 19.4. The van der Waals surface area contributed by atoms with E-state index in [0.717, 1.165) is 5.56 Å². The van der Waals surface area contributed by atoms with Gasteiger partial charge in [-0.3, -0.25) is 0 Å². The van der Waals surface area contributed by atoms with Crippen LogP contribution >= 0.6 is 0 Å². The van der Waals surface area contributed by atoms with Crippen LogP contribution in [0.2, 0.25) is 0 Å². The van der Waals surface area contributed by atoms with Crippen molar-refractivity contribution in [3.63, 3.8) is 0 Å². The third kappa shape index (κ3) is 8.50. The molecule has 1 aromatic carbocycles. The number of aliphatic carboxylic acids is 1. The third-order valence-corrected chi connectivity index (χ3v) is 1.96. The number of carbonyl (C=O) groups is 1. The second-order valence-electron chi connectivity index (χ2n) is 3.66. The van der Waals surface area contributed by atoms with Crippen LogP contribution in [0, 0.1) is 0 Å². The number of alkyl halides is 3. The van der Waals surface area contributed by atoms with Crippen LogP contribution in [0.3, 0.4) is 0 Å². The lowest BCUT2D eigenvalue weighted by Crippen LogP contribution is -2.29. The number of benzene rings is 1. The van der Waals surface area contributed by atoms with Gasteiger partial charge in [0.2, 0.25) is 0 Å². The molecule has 0 radical (unpaired) electrons. The summed E-state index contributed by atoms with van der Waals surface area (Å²) in [5.74, 6) is -2.72. The van der Waals surface area contributed by atoms with Crippen LogP contribution in [-0.4, -0.2) is 40.4 Å². The molecule has 0 fully saturated rings. The maximum atomic E-state index is 10.6. The number of hydrogen-bond donors (Lipinski definition) is 5. The van der Waals surface area contributed by atoms with Crippen molar-refractivity contribution in [1.82, 2.24) is 0 Å². The van der Waals surface area contributed by atoms with E-state index in [9.17, 15) is 13.2 Å². The zero-order valence-electron chi connectivity index (χ0n) is 10.6. The zero-order valence-corrected chi connectivity index (χ0v) is 10.6. The molecule has 0 unspecified atom stereocenters. The SMILES string of the molecule is NC(N)=NCc1ccc(B(O)O)cc1.O=C(O)C(F)(F)F. The molecule has 0 atom stereocenters. The molecule has 11 heteroatoms. The number of carboxylic acids is 1. The van der Waals surface area contributed by atoms with Crippen molar-refractivity contribution in [2.75, 3.05) is 0 Å². The maximum absolute atomic E-state index is 10.6. The second kappa shape index (κ2) is 8.12. The van der Waals surface area contributed by atoms with Gasteiger partial charge in [0, 0.05) is 0 Å². The number of nitrogens with two attached hydrogens (primary N) is 2. The first-order valence-electron chi connectivity index (χ1n) is 5.34. The van der Waals surface area contributed by atoms with Crippen LogP contribution in [0.1, 0.15) is 5.56 Å². The smallest absolute Gasteiger partial charge is 0.475 e. The lowest BCUT2D eigenvalue weighted by atomic mass is 9.80. The third-order valence-electron chi connectivity index (χ3n) is 1.96. The van der Waals surface area contributed by atoms with Gasteiger partial charge >= 0.3 is 19.3 Å². The Labute approximate surface area is 117 Å². The van der Waals surface area contributed by atoms with Crippen LogP contribution < -0.4 is 16.9 Å². The number of guanidine groups is 1. The van der Waals surface area contributed by atoms with Crippen molar-refractivity contribution in [2.24, 2.45) is 16.5 Å². The number of carboxylic acid groups (broad SMARTS) is 1. The molecular weight excluding hydrogens is 294 g/mol. The Kier molecular flexibility index (Phi) is 7.24. The van der Waals surface area contributed by atoms with Gasteiger partial charge in [0.05, 0.1) is 6.54 Å². The van der Waals surface area contributed by atoms with Gasteiger partial charge in [-0.25, -0.2) is 9.79 Å². The Hall–Kier alpha value is -2.27. The molecule has 0 amide bonds. The molecule has 0 saturated carbocycles. The van der Waals surface area contributed by atoms with Gasteiger partial charge < -0.3 is 26.6 Å². The molecule has 0 spiro atoms. The lowest BCUT2D eigenvalue weighted by molar-refractivity contribution is -0.192. The number of rotatable bonds is 3. The largest absolute Gasteiger partial charge is 0.490 e. The Balaban J connectivity index is 0.000000486. The van der Waals surface area contributed by atoms with Crippen molar-refractivity contribution >= 4 is 24.5 Å². The summed E-state index contributed by atoms with van der Waals surface area (Å²) in [5.41, 5.74) is 11.7. The van der Waals surface area contributed by atoms with Gasteiger partial charge in [-0.15, -0.1) is 0 Å². The lowest BCUT2D eigenvalue weighted by Gasteiger charge is -2.00. The summed E-state index contributed by atoms with van der Waals surface area (Å²) < 4.78 is 31.7. The van der Waals surface area contributed by atoms with E-state index >= 15 is 0 Å². The molecule has 0 saturated heterocycles. The highest BCUT2D eigenvalue weighted by molar-refractivity contribution is 6.58. The number of halogens is 3. The fraction of sp³-hybridized carbons (Fsp3) is 0.200. The standard InChI is InChI=1S/C8H12BN3O2.C2HF3O2/c10-8(11)12-5-6-1-3-7(4-2-6)9(13)14;3-2(4,5)1(6)7/h1-4,13-14H,5H2,(H4,10,11,12);(H,6,7). The van der Waals surface area contributed by atoms with Crippen LogP contribution in [0.4, 0.5) is 13.2 Å². The van der Waals surface area contributed by atoms with Gasteiger partial charge in [0.15, 0.2) is 5.96 Å². The molecule has 1 aromatic rings. The van der Waals surface area contributed by atoms with E-state index in [1.165, 1.54) is 0 Å². The van der Waals surface area contributed by atoms with Crippen LogP contribution in [-0.2, 0) is 11.3 Å². The maximum Gasteiger partial charge on any atom is 0.490 e. The average Bonchev–Trinajstić information content (AvgIpc) is 2.36. The minimum atomic E-state index is -5.08. The Morgan fingerprint density at radius 2 is 1.62 bits per heavy atom.